The Morgan fingerprint density at radius 3 is 2.71 bits per heavy atom. The van der Waals surface area contributed by atoms with Crippen LogP contribution in [-0.4, -0.2) is 28.8 Å². The lowest BCUT2D eigenvalue weighted by Gasteiger charge is -2.17. The highest BCUT2D eigenvalue weighted by Gasteiger charge is 2.34. The zero-order chi connectivity index (χ0) is 17.7. The Kier molecular flexibility index (Phi) is 5.82. The first-order chi connectivity index (χ1) is 11.3. The molecule has 0 fully saturated rings. The topological polar surface area (TPSA) is 53.9 Å². The van der Waals surface area contributed by atoms with Gasteiger partial charge in [0.25, 0.3) is 0 Å². The number of nitrogens with zero attached hydrogens (tertiary/aromatic N) is 4. The monoisotopic (exact) mass is 359 g/mol. The van der Waals surface area contributed by atoms with Crippen LogP contribution in [0.2, 0.25) is 5.02 Å². The van der Waals surface area contributed by atoms with Crippen LogP contribution in [0.1, 0.15) is 25.3 Å². The maximum atomic E-state index is 13.1. The molecule has 9 heteroatoms. The van der Waals surface area contributed by atoms with Gasteiger partial charge in [-0.3, -0.25) is 0 Å². The highest BCUT2D eigenvalue weighted by molar-refractivity contribution is 6.30. The van der Waals surface area contributed by atoms with Gasteiger partial charge < -0.3 is 10.2 Å². The second-order valence-electron chi connectivity index (χ2n) is 5.23. The van der Waals surface area contributed by atoms with Crippen LogP contribution in [-0.2, 0) is 6.18 Å². The van der Waals surface area contributed by atoms with Crippen LogP contribution >= 0.6 is 11.6 Å². The van der Waals surface area contributed by atoms with Crippen LogP contribution in [0.4, 0.5) is 30.6 Å². The molecule has 1 aromatic carbocycles. The molecule has 24 heavy (non-hydrogen) atoms. The van der Waals surface area contributed by atoms with Gasteiger partial charge in [-0.2, -0.15) is 23.3 Å². The number of nitrogens with one attached hydrogen (secondary N) is 1. The molecule has 1 aromatic heterocycles. The summed E-state index contributed by atoms with van der Waals surface area (Å²) in [6, 6.07) is 3.50. The van der Waals surface area contributed by atoms with Crippen molar-refractivity contribution in [3.05, 3.63) is 35.0 Å². The number of rotatable bonds is 6. The van der Waals surface area contributed by atoms with E-state index < -0.39 is 11.7 Å². The van der Waals surface area contributed by atoms with Crippen molar-refractivity contribution in [3.8, 4) is 0 Å². The summed E-state index contributed by atoms with van der Waals surface area (Å²) < 4.78 is 39.4. The number of halogens is 4. The van der Waals surface area contributed by atoms with E-state index in [4.69, 9.17) is 11.6 Å². The molecule has 0 aliphatic carbocycles. The third kappa shape index (κ3) is 4.70. The van der Waals surface area contributed by atoms with Gasteiger partial charge in [0.15, 0.2) is 5.82 Å². The lowest BCUT2D eigenvalue weighted by atomic mass is 10.1. The van der Waals surface area contributed by atoms with Crippen LogP contribution < -0.4 is 10.2 Å². The SMILES string of the molecule is CCCCN(C)c1nncc(Nc2ccc(Cl)cc2C(F)(F)F)n1. The zero-order valence-electron chi connectivity index (χ0n) is 13.2. The Morgan fingerprint density at radius 1 is 1.29 bits per heavy atom. The van der Waals surface area contributed by atoms with E-state index in [9.17, 15) is 13.2 Å². The molecule has 0 atom stereocenters. The standard InChI is InChI=1S/C15H17ClF3N5/c1-3-4-7-24(2)14-22-13(9-20-23-14)21-12-6-5-10(16)8-11(12)15(17,18)19/h5-6,8-9H,3-4,7H2,1-2H3,(H,21,22,23). The fourth-order valence-electron chi connectivity index (χ4n) is 2.01. The van der Waals surface area contributed by atoms with E-state index >= 15 is 0 Å². The quantitative estimate of drug-likeness (QED) is 0.821. The van der Waals surface area contributed by atoms with Crippen LogP contribution in [0, 0.1) is 0 Å². The molecule has 0 saturated heterocycles. The first-order valence-corrected chi connectivity index (χ1v) is 7.73. The summed E-state index contributed by atoms with van der Waals surface area (Å²) in [4.78, 5) is 6.01. The summed E-state index contributed by atoms with van der Waals surface area (Å²) in [5.74, 6) is 0.521. The number of aromatic nitrogens is 3. The summed E-state index contributed by atoms with van der Waals surface area (Å²) in [6.07, 6.45) is -1.30. The fraction of sp³-hybridized carbons (Fsp3) is 0.400. The molecule has 0 bridgehead atoms. The Hall–Kier alpha value is -2.09. The van der Waals surface area contributed by atoms with Gasteiger partial charge in [-0.15, -0.1) is 5.10 Å². The molecule has 0 spiro atoms. The lowest BCUT2D eigenvalue weighted by molar-refractivity contribution is -0.136. The van der Waals surface area contributed by atoms with Gasteiger partial charge in [0, 0.05) is 18.6 Å². The largest absolute Gasteiger partial charge is 0.418 e. The maximum absolute atomic E-state index is 13.1. The summed E-state index contributed by atoms with van der Waals surface area (Å²) in [7, 11) is 1.81. The molecule has 0 saturated carbocycles. The molecule has 2 rings (SSSR count). The minimum atomic E-state index is -4.53. The molecule has 0 aliphatic rings. The third-order valence-corrected chi connectivity index (χ3v) is 3.52. The Bertz CT molecular complexity index is 693. The molecule has 130 valence electrons. The van der Waals surface area contributed by atoms with Crippen molar-refractivity contribution in [2.45, 2.75) is 25.9 Å². The average Bonchev–Trinajstić information content (AvgIpc) is 2.53. The molecule has 0 unspecified atom stereocenters. The number of anilines is 3. The highest BCUT2D eigenvalue weighted by Crippen LogP contribution is 2.37. The van der Waals surface area contributed by atoms with E-state index in [1.54, 1.807) is 11.9 Å². The molecule has 0 aliphatic heterocycles. The number of hydrogen-bond donors (Lipinski definition) is 1. The Morgan fingerprint density at radius 2 is 2.04 bits per heavy atom. The second kappa shape index (κ2) is 7.65. The number of benzene rings is 1. The molecular weight excluding hydrogens is 343 g/mol. The smallest absolute Gasteiger partial charge is 0.343 e. The van der Waals surface area contributed by atoms with Gasteiger partial charge in [0.1, 0.15) is 0 Å². The second-order valence-corrected chi connectivity index (χ2v) is 5.67. The molecule has 2 aromatic rings. The summed E-state index contributed by atoms with van der Waals surface area (Å²) >= 11 is 5.67. The predicted octanol–water partition coefficient (Wildman–Crippen LogP) is 4.52. The van der Waals surface area contributed by atoms with Crippen molar-refractivity contribution in [2.24, 2.45) is 0 Å². The zero-order valence-corrected chi connectivity index (χ0v) is 14.0. The van der Waals surface area contributed by atoms with Crippen LogP contribution in [0.3, 0.4) is 0 Å². The van der Waals surface area contributed by atoms with E-state index in [0.29, 0.717) is 5.95 Å². The number of hydrogen-bond acceptors (Lipinski definition) is 5. The van der Waals surface area contributed by atoms with Crippen LogP contribution in [0.15, 0.2) is 24.4 Å². The average molecular weight is 360 g/mol. The van der Waals surface area contributed by atoms with Crippen molar-refractivity contribution in [2.75, 3.05) is 23.8 Å². The predicted molar refractivity (Wildman–Crippen MR) is 87.7 cm³/mol. The van der Waals surface area contributed by atoms with Crippen LogP contribution in [0.5, 0.6) is 0 Å². The Labute approximate surface area is 142 Å². The summed E-state index contributed by atoms with van der Waals surface area (Å²) in [5, 5.41) is 10.3. The number of unbranched alkanes of at least 4 members (excludes halogenated alkanes) is 1. The van der Waals surface area contributed by atoms with E-state index in [-0.39, 0.29) is 16.5 Å². The Balaban J connectivity index is 2.26. The van der Waals surface area contributed by atoms with Gasteiger partial charge >= 0.3 is 6.18 Å². The van der Waals surface area contributed by atoms with Gasteiger partial charge in [-0.1, -0.05) is 24.9 Å². The van der Waals surface area contributed by atoms with Gasteiger partial charge in [-0.25, -0.2) is 0 Å². The van der Waals surface area contributed by atoms with E-state index in [1.165, 1.54) is 18.3 Å². The van der Waals surface area contributed by atoms with Crippen molar-refractivity contribution in [1.82, 2.24) is 15.2 Å². The molecule has 1 N–H and O–H groups in total. The van der Waals surface area contributed by atoms with Gasteiger partial charge in [0.05, 0.1) is 17.4 Å². The summed E-state index contributed by atoms with van der Waals surface area (Å²) in [6.45, 7) is 2.79. The molecular formula is C15H17ClF3N5. The third-order valence-electron chi connectivity index (χ3n) is 3.29. The first-order valence-electron chi connectivity index (χ1n) is 7.36. The van der Waals surface area contributed by atoms with E-state index in [0.717, 1.165) is 25.5 Å². The van der Waals surface area contributed by atoms with Crippen molar-refractivity contribution in [1.29, 1.82) is 0 Å². The molecule has 1 heterocycles. The number of alkyl halides is 3. The van der Waals surface area contributed by atoms with Gasteiger partial charge in [-0.05, 0) is 24.6 Å². The maximum Gasteiger partial charge on any atom is 0.418 e. The molecule has 0 amide bonds. The minimum absolute atomic E-state index is 0.00803. The van der Waals surface area contributed by atoms with E-state index in [2.05, 4.69) is 27.4 Å². The van der Waals surface area contributed by atoms with Gasteiger partial charge in [0.2, 0.25) is 5.95 Å². The first kappa shape index (κ1) is 18.3. The van der Waals surface area contributed by atoms with Crippen molar-refractivity contribution >= 4 is 29.1 Å². The minimum Gasteiger partial charge on any atom is -0.343 e. The van der Waals surface area contributed by atoms with Crippen molar-refractivity contribution < 1.29 is 13.2 Å². The highest BCUT2D eigenvalue weighted by atomic mass is 35.5. The van der Waals surface area contributed by atoms with Crippen LogP contribution in [0.25, 0.3) is 0 Å². The normalized spacial score (nSPS) is 11.4. The summed E-state index contributed by atoms with van der Waals surface area (Å²) in [5.41, 5.74) is -1.01. The molecule has 5 nitrogen and oxygen atoms in total. The fourth-order valence-corrected chi connectivity index (χ4v) is 2.18. The lowest BCUT2D eigenvalue weighted by Crippen LogP contribution is -2.21. The molecule has 0 radical (unpaired) electrons. The van der Waals surface area contributed by atoms with Crippen molar-refractivity contribution in [3.63, 3.8) is 0 Å². The van der Waals surface area contributed by atoms with E-state index in [1.807, 2.05) is 0 Å².